The fourth-order valence-electron chi connectivity index (χ4n) is 1.30. The van der Waals surface area contributed by atoms with Gasteiger partial charge in [-0.1, -0.05) is 26.0 Å². The molecule has 1 unspecified atom stereocenters. The molecule has 0 saturated carbocycles. The monoisotopic (exact) mass is 273 g/mol. The zero-order valence-electron chi connectivity index (χ0n) is 9.35. The minimum Gasteiger partial charge on any atom is -0.325 e. The van der Waals surface area contributed by atoms with Crippen LogP contribution in [0, 0.1) is 11.7 Å². The van der Waals surface area contributed by atoms with E-state index in [0.717, 1.165) is 5.56 Å². The van der Waals surface area contributed by atoms with Crippen molar-refractivity contribution in [1.29, 1.82) is 0 Å². The van der Waals surface area contributed by atoms with E-state index in [1.54, 1.807) is 6.07 Å². The highest BCUT2D eigenvalue weighted by molar-refractivity contribution is 9.10. The van der Waals surface area contributed by atoms with Gasteiger partial charge in [0.25, 0.3) is 0 Å². The van der Waals surface area contributed by atoms with Crippen LogP contribution in [0.4, 0.5) is 4.39 Å². The van der Waals surface area contributed by atoms with E-state index in [0.29, 0.717) is 16.8 Å². The Balaban J connectivity index is 2.95. The van der Waals surface area contributed by atoms with Crippen LogP contribution in [-0.4, -0.2) is 5.54 Å². The van der Waals surface area contributed by atoms with E-state index in [1.807, 2.05) is 13.0 Å². The van der Waals surface area contributed by atoms with E-state index >= 15 is 0 Å². The predicted molar refractivity (Wildman–Crippen MR) is 65.2 cm³/mol. The first-order valence-electron chi connectivity index (χ1n) is 5.06. The minimum absolute atomic E-state index is 0.230. The Bertz CT molecular complexity index is 347. The molecule has 0 aliphatic rings. The Morgan fingerprint density at radius 3 is 2.60 bits per heavy atom. The standard InChI is InChI=1S/C12H17BrFN/c1-8(2)12(3,15)7-9-5-4-6-10(14)11(9)13/h4-6,8H,7,15H2,1-3H3. The van der Waals surface area contributed by atoms with Gasteiger partial charge >= 0.3 is 0 Å². The highest BCUT2D eigenvalue weighted by Gasteiger charge is 2.24. The summed E-state index contributed by atoms with van der Waals surface area (Å²) >= 11 is 3.25. The third-order valence-electron chi connectivity index (χ3n) is 2.92. The lowest BCUT2D eigenvalue weighted by molar-refractivity contribution is 0.337. The molecule has 1 aromatic rings. The molecule has 0 amide bonds. The topological polar surface area (TPSA) is 26.0 Å². The number of nitrogens with two attached hydrogens (primary N) is 1. The van der Waals surface area contributed by atoms with E-state index in [4.69, 9.17) is 5.73 Å². The largest absolute Gasteiger partial charge is 0.325 e. The third-order valence-corrected chi connectivity index (χ3v) is 3.81. The molecule has 3 heteroatoms. The molecule has 1 atom stereocenters. The van der Waals surface area contributed by atoms with Crippen LogP contribution in [0.25, 0.3) is 0 Å². The molecule has 0 fully saturated rings. The van der Waals surface area contributed by atoms with Gasteiger partial charge in [-0.3, -0.25) is 0 Å². The summed E-state index contributed by atoms with van der Waals surface area (Å²) in [6.45, 7) is 6.15. The maximum absolute atomic E-state index is 13.3. The van der Waals surface area contributed by atoms with Crippen LogP contribution in [-0.2, 0) is 6.42 Å². The van der Waals surface area contributed by atoms with Gasteiger partial charge in [-0.15, -0.1) is 0 Å². The zero-order valence-corrected chi connectivity index (χ0v) is 10.9. The van der Waals surface area contributed by atoms with Gasteiger partial charge in [0.2, 0.25) is 0 Å². The van der Waals surface area contributed by atoms with E-state index in [9.17, 15) is 4.39 Å². The highest BCUT2D eigenvalue weighted by Crippen LogP contribution is 2.26. The van der Waals surface area contributed by atoms with Crippen molar-refractivity contribution in [3.63, 3.8) is 0 Å². The Morgan fingerprint density at radius 1 is 1.47 bits per heavy atom. The van der Waals surface area contributed by atoms with Gasteiger partial charge in [-0.2, -0.15) is 0 Å². The predicted octanol–water partition coefficient (Wildman–Crippen LogP) is 3.50. The lowest BCUT2D eigenvalue weighted by Gasteiger charge is -2.29. The minimum atomic E-state index is -0.309. The van der Waals surface area contributed by atoms with Crippen molar-refractivity contribution in [3.8, 4) is 0 Å². The lowest BCUT2D eigenvalue weighted by atomic mass is 9.84. The Kier molecular flexibility index (Phi) is 3.90. The number of halogens is 2. The molecule has 0 aromatic heterocycles. The van der Waals surface area contributed by atoms with Gasteiger partial charge in [0, 0.05) is 5.54 Å². The summed E-state index contributed by atoms with van der Waals surface area (Å²) < 4.78 is 13.8. The van der Waals surface area contributed by atoms with Gasteiger partial charge < -0.3 is 5.73 Å². The molecule has 0 aliphatic heterocycles. The van der Waals surface area contributed by atoms with Crippen LogP contribution in [0.1, 0.15) is 26.3 Å². The van der Waals surface area contributed by atoms with Crippen molar-refractivity contribution in [3.05, 3.63) is 34.1 Å². The molecular formula is C12H17BrFN. The first kappa shape index (κ1) is 12.7. The maximum Gasteiger partial charge on any atom is 0.137 e. The molecular weight excluding hydrogens is 257 g/mol. The van der Waals surface area contributed by atoms with E-state index in [2.05, 4.69) is 29.8 Å². The van der Waals surface area contributed by atoms with Crippen molar-refractivity contribution in [2.75, 3.05) is 0 Å². The number of hydrogen-bond donors (Lipinski definition) is 1. The van der Waals surface area contributed by atoms with Crippen LogP contribution in [0.2, 0.25) is 0 Å². The van der Waals surface area contributed by atoms with Crippen LogP contribution in [0.15, 0.2) is 22.7 Å². The normalized spacial score (nSPS) is 15.4. The summed E-state index contributed by atoms with van der Waals surface area (Å²) in [4.78, 5) is 0. The van der Waals surface area contributed by atoms with Crippen molar-refractivity contribution in [1.82, 2.24) is 0 Å². The van der Waals surface area contributed by atoms with Crippen LogP contribution in [0.3, 0.4) is 0 Å². The maximum atomic E-state index is 13.3. The summed E-state index contributed by atoms with van der Waals surface area (Å²) in [7, 11) is 0. The molecule has 15 heavy (non-hydrogen) atoms. The van der Waals surface area contributed by atoms with Gasteiger partial charge in [-0.05, 0) is 46.8 Å². The molecule has 0 radical (unpaired) electrons. The second-order valence-corrected chi connectivity index (χ2v) is 5.34. The first-order valence-corrected chi connectivity index (χ1v) is 5.85. The quantitative estimate of drug-likeness (QED) is 0.896. The SMILES string of the molecule is CC(C)C(C)(N)Cc1cccc(F)c1Br. The summed E-state index contributed by atoms with van der Waals surface area (Å²) in [5.41, 5.74) is 6.78. The molecule has 0 bridgehead atoms. The fraction of sp³-hybridized carbons (Fsp3) is 0.500. The smallest absolute Gasteiger partial charge is 0.137 e. The van der Waals surface area contributed by atoms with Crippen molar-refractivity contribution in [2.45, 2.75) is 32.7 Å². The van der Waals surface area contributed by atoms with Crippen LogP contribution >= 0.6 is 15.9 Å². The Morgan fingerprint density at radius 2 is 2.07 bits per heavy atom. The first-order chi connectivity index (χ1) is 6.84. The Labute approximate surface area is 99.0 Å². The van der Waals surface area contributed by atoms with Gasteiger partial charge in [0.05, 0.1) is 4.47 Å². The second kappa shape index (κ2) is 4.62. The van der Waals surface area contributed by atoms with E-state index in [1.165, 1.54) is 6.07 Å². The summed E-state index contributed by atoms with van der Waals surface area (Å²) in [6.07, 6.45) is 0.670. The molecule has 0 heterocycles. The lowest BCUT2D eigenvalue weighted by Crippen LogP contribution is -2.43. The third kappa shape index (κ3) is 3.02. The molecule has 0 saturated heterocycles. The van der Waals surface area contributed by atoms with Gasteiger partial charge in [-0.25, -0.2) is 4.39 Å². The second-order valence-electron chi connectivity index (χ2n) is 4.55. The summed E-state index contributed by atoms with van der Waals surface area (Å²) in [5, 5.41) is 0. The summed E-state index contributed by atoms with van der Waals surface area (Å²) in [6, 6.07) is 5.06. The average Bonchev–Trinajstić information content (AvgIpc) is 2.12. The van der Waals surface area contributed by atoms with Crippen LogP contribution in [0.5, 0.6) is 0 Å². The van der Waals surface area contributed by atoms with Crippen molar-refractivity contribution >= 4 is 15.9 Å². The number of benzene rings is 1. The molecule has 2 N–H and O–H groups in total. The van der Waals surface area contributed by atoms with Crippen LogP contribution < -0.4 is 5.73 Å². The van der Waals surface area contributed by atoms with Crippen molar-refractivity contribution < 1.29 is 4.39 Å². The van der Waals surface area contributed by atoms with E-state index in [-0.39, 0.29) is 11.4 Å². The molecule has 84 valence electrons. The van der Waals surface area contributed by atoms with Gasteiger partial charge in [0.15, 0.2) is 0 Å². The molecule has 1 nitrogen and oxygen atoms in total. The average molecular weight is 274 g/mol. The highest BCUT2D eigenvalue weighted by atomic mass is 79.9. The van der Waals surface area contributed by atoms with Gasteiger partial charge in [0.1, 0.15) is 5.82 Å². The number of hydrogen-bond acceptors (Lipinski definition) is 1. The van der Waals surface area contributed by atoms with Crippen molar-refractivity contribution in [2.24, 2.45) is 11.7 Å². The summed E-state index contributed by atoms with van der Waals surface area (Å²) in [5.74, 6) is 0.125. The zero-order chi connectivity index (χ0) is 11.6. The number of rotatable bonds is 3. The molecule has 0 spiro atoms. The van der Waals surface area contributed by atoms with E-state index < -0.39 is 0 Å². The molecule has 1 aromatic carbocycles. The Hall–Kier alpha value is -0.410. The molecule has 1 rings (SSSR count). The molecule has 0 aliphatic carbocycles. The fourth-order valence-corrected chi connectivity index (χ4v) is 1.70.